The third kappa shape index (κ3) is 5.96. The van der Waals surface area contributed by atoms with Crippen LogP contribution in [0.25, 0.3) is 0 Å². The summed E-state index contributed by atoms with van der Waals surface area (Å²) < 4.78 is 5.48. The smallest absolute Gasteiger partial charge is 0.410 e. The molecule has 1 amide bonds. The second kappa shape index (κ2) is 7.17. The molecular weight excluding hydrogens is 286 g/mol. The Morgan fingerprint density at radius 2 is 1.71 bits per heavy atom. The van der Waals surface area contributed by atoms with Crippen LogP contribution in [0.4, 0.5) is 4.79 Å². The molecule has 0 aromatic heterocycles. The van der Waals surface area contributed by atoms with Crippen molar-refractivity contribution in [2.75, 3.05) is 6.54 Å². The summed E-state index contributed by atoms with van der Waals surface area (Å²) in [6, 6.07) is 7.84. The van der Waals surface area contributed by atoms with Crippen LogP contribution in [0.5, 0.6) is 0 Å². The number of halogens is 1. The summed E-state index contributed by atoms with van der Waals surface area (Å²) in [5, 5.41) is 0.721. The van der Waals surface area contributed by atoms with E-state index in [0.717, 1.165) is 10.6 Å². The number of hydrogen-bond acceptors (Lipinski definition) is 2. The maximum absolute atomic E-state index is 12.3. The summed E-state index contributed by atoms with van der Waals surface area (Å²) in [4.78, 5) is 14.1. The van der Waals surface area contributed by atoms with Gasteiger partial charge in [-0.3, -0.25) is 0 Å². The van der Waals surface area contributed by atoms with Gasteiger partial charge in [0.25, 0.3) is 0 Å². The van der Waals surface area contributed by atoms with Crippen LogP contribution in [0.3, 0.4) is 0 Å². The zero-order valence-corrected chi connectivity index (χ0v) is 14.6. The van der Waals surface area contributed by atoms with E-state index in [1.807, 2.05) is 58.9 Å². The van der Waals surface area contributed by atoms with Crippen molar-refractivity contribution in [2.45, 2.75) is 59.1 Å². The second-order valence-electron chi connectivity index (χ2n) is 6.68. The van der Waals surface area contributed by atoms with E-state index in [4.69, 9.17) is 16.3 Å². The zero-order valence-electron chi connectivity index (χ0n) is 13.8. The van der Waals surface area contributed by atoms with Crippen LogP contribution < -0.4 is 0 Å². The molecule has 21 heavy (non-hydrogen) atoms. The maximum Gasteiger partial charge on any atom is 0.410 e. The molecule has 4 heteroatoms. The Bertz CT molecular complexity index is 463. The molecule has 0 aliphatic rings. The first-order chi connectivity index (χ1) is 9.60. The highest BCUT2D eigenvalue weighted by Gasteiger charge is 2.25. The Labute approximate surface area is 133 Å². The van der Waals surface area contributed by atoms with Crippen molar-refractivity contribution < 1.29 is 9.53 Å². The van der Waals surface area contributed by atoms with E-state index in [0.29, 0.717) is 6.54 Å². The molecule has 1 atom stereocenters. The van der Waals surface area contributed by atoms with Crippen LogP contribution in [0.2, 0.25) is 5.02 Å². The lowest BCUT2D eigenvalue weighted by atomic mass is 10.0. The number of amides is 1. The molecule has 3 nitrogen and oxygen atoms in total. The van der Waals surface area contributed by atoms with Gasteiger partial charge in [0.1, 0.15) is 5.60 Å². The van der Waals surface area contributed by atoms with Gasteiger partial charge in [0.15, 0.2) is 0 Å². The van der Waals surface area contributed by atoms with Gasteiger partial charge in [-0.25, -0.2) is 4.79 Å². The third-order valence-electron chi connectivity index (χ3n) is 3.16. The highest BCUT2D eigenvalue weighted by atomic mass is 35.5. The fourth-order valence-electron chi connectivity index (χ4n) is 2.01. The van der Waals surface area contributed by atoms with Gasteiger partial charge in [-0.15, -0.1) is 0 Å². The highest BCUT2D eigenvalue weighted by Crippen LogP contribution is 2.21. The minimum absolute atomic E-state index is 0.0922. The van der Waals surface area contributed by atoms with Crippen molar-refractivity contribution in [1.82, 2.24) is 4.90 Å². The average Bonchev–Trinajstić information content (AvgIpc) is 2.33. The Morgan fingerprint density at radius 1 is 1.19 bits per heavy atom. The SMILES string of the molecule is CC(C)N(C[C@@H](C)c1ccc(Cl)cc1)C(=O)OC(C)(C)C. The molecule has 0 radical (unpaired) electrons. The van der Waals surface area contributed by atoms with Crippen molar-refractivity contribution in [2.24, 2.45) is 0 Å². The minimum Gasteiger partial charge on any atom is -0.444 e. The molecule has 0 aliphatic carbocycles. The van der Waals surface area contributed by atoms with Gasteiger partial charge in [0, 0.05) is 17.6 Å². The summed E-state index contributed by atoms with van der Waals surface area (Å²) in [6.07, 6.45) is -0.265. The molecule has 1 aromatic rings. The molecule has 0 unspecified atom stereocenters. The molecule has 0 aliphatic heterocycles. The van der Waals surface area contributed by atoms with Crippen LogP contribution in [0.1, 0.15) is 53.0 Å². The van der Waals surface area contributed by atoms with Gasteiger partial charge in [-0.2, -0.15) is 0 Å². The van der Waals surface area contributed by atoms with E-state index in [-0.39, 0.29) is 18.1 Å². The van der Waals surface area contributed by atoms with Gasteiger partial charge in [-0.05, 0) is 58.2 Å². The van der Waals surface area contributed by atoms with E-state index in [9.17, 15) is 4.79 Å². The summed E-state index contributed by atoms with van der Waals surface area (Å²) in [7, 11) is 0. The zero-order chi connectivity index (χ0) is 16.2. The number of nitrogens with zero attached hydrogens (tertiary/aromatic N) is 1. The van der Waals surface area contributed by atoms with Crippen molar-refractivity contribution in [3.63, 3.8) is 0 Å². The van der Waals surface area contributed by atoms with E-state index in [1.165, 1.54) is 0 Å². The Balaban J connectivity index is 2.78. The normalized spacial score (nSPS) is 13.1. The topological polar surface area (TPSA) is 29.5 Å². The van der Waals surface area contributed by atoms with E-state index < -0.39 is 5.60 Å². The van der Waals surface area contributed by atoms with Crippen LogP contribution in [-0.2, 0) is 4.74 Å². The molecule has 0 bridgehead atoms. The monoisotopic (exact) mass is 311 g/mol. The van der Waals surface area contributed by atoms with Crippen molar-refractivity contribution >= 4 is 17.7 Å². The lowest BCUT2D eigenvalue weighted by Gasteiger charge is -2.32. The van der Waals surface area contributed by atoms with Gasteiger partial charge in [0.2, 0.25) is 0 Å². The summed E-state index contributed by atoms with van der Waals surface area (Å²) in [5.41, 5.74) is 0.682. The first-order valence-electron chi connectivity index (χ1n) is 7.35. The summed E-state index contributed by atoms with van der Waals surface area (Å²) >= 11 is 5.91. The summed E-state index contributed by atoms with van der Waals surface area (Å²) in [6.45, 7) is 12.4. The maximum atomic E-state index is 12.3. The first kappa shape index (κ1) is 17.8. The molecule has 0 heterocycles. The van der Waals surface area contributed by atoms with Crippen molar-refractivity contribution in [1.29, 1.82) is 0 Å². The molecule has 118 valence electrons. The Hall–Kier alpha value is -1.22. The second-order valence-corrected chi connectivity index (χ2v) is 7.12. The molecule has 0 saturated heterocycles. The fraction of sp³-hybridized carbons (Fsp3) is 0.588. The number of carbonyl (C=O) groups is 1. The van der Waals surface area contributed by atoms with Crippen molar-refractivity contribution in [3.8, 4) is 0 Å². The standard InChI is InChI=1S/C17H26ClNO2/c1-12(2)19(16(20)21-17(4,5)6)11-13(3)14-7-9-15(18)10-8-14/h7-10,12-13H,11H2,1-6H3/t13-/m1/s1. The molecule has 0 saturated carbocycles. The summed E-state index contributed by atoms with van der Waals surface area (Å²) in [5.74, 6) is 0.220. The third-order valence-corrected chi connectivity index (χ3v) is 3.41. The number of benzene rings is 1. The quantitative estimate of drug-likeness (QED) is 0.775. The van der Waals surface area contributed by atoms with Crippen LogP contribution in [0, 0.1) is 0 Å². The number of hydrogen-bond donors (Lipinski definition) is 0. The minimum atomic E-state index is -0.478. The predicted octanol–water partition coefficient (Wildman–Crippen LogP) is 5.09. The Kier molecular flexibility index (Phi) is 6.09. The lowest BCUT2D eigenvalue weighted by Crippen LogP contribution is -2.42. The van der Waals surface area contributed by atoms with Gasteiger partial charge < -0.3 is 9.64 Å². The Morgan fingerprint density at radius 3 is 2.14 bits per heavy atom. The molecule has 0 N–H and O–H groups in total. The largest absolute Gasteiger partial charge is 0.444 e. The van der Waals surface area contributed by atoms with Gasteiger partial charge in [0.05, 0.1) is 0 Å². The highest BCUT2D eigenvalue weighted by molar-refractivity contribution is 6.30. The lowest BCUT2D eigenvalue weighted by molar-refractivity contribution is 0.0180. The average molecular weight is 312 g/mol. The van der Waals surface area contributed by atoms with Crippen LogP contribution in [-0.4, -0.2) is 29.2 Å². The number of rotatable bonds is 4. The molecular formula is C17H26ClNO2. The van der Waals surface area contributed by atoms with E-state index in [2.05, 4.69) is 6.92 Å². The molecule has 1 rings (SSSR count). The van der Waals surface area contributed by atoms with Crippen LogP contribution in [0.15, 0.2) is 24.3 Å². The van der Waals surface area contributed by atoms with Gasteiger partial charge in [-0.1, -0.05) is 30.7 Å². The van der Waals surface area contributed by atoms with Gasteiger partial charge >= 0.3 is 6.09 Å². The molecule has 0 spiro atoms. The van der Waals surface area contributed by atoms with E-state index >= 15 is 0 Å². The van der Waals surface area contributed by atoms with E-state index in [1.54, 1.807) is 4.90 Å². The predicted molar refractivity (Wildman–Crippen MR) is 87.9 cm³/mol. The first-order valence-corrected chi connectivity index (χ1v) is 7.73. The molecule has 0 fully saturated rings. The van der Waals surface area contributed by atoms with Crippen molar-refractivity contribution in [3.05, 3.63) is 34.9 Å². The van der Waals surface area contributed by atoms with Crippen LogP contribution >= 0.6 is 11.6 Å². The fourth-order valence-corrected chi connectivity index (χ4v) is 2.13. The number of ether oxygens (including phenoxy) is 1. The number of carbonyl (C=O) groups excluding carboxylic acids is 1. The molecule has 1 aromatic carbocycles.